The van der Waals surface area contributed by atoms with Gasteiger partial charge in [0, 0.05) is 29.8 Å². The van der Waals surface area contributed by atoms with Crippen LogP contribution in [0.4, 0.5) is 5.82 Å². The summed E-state index contributed by atoms with van der Waals surface area (Å²) in [5.41, 5.74) is -0.132. The molecular weight excluding hydrogens is 545 g/mol. The summed E-state index contributed by atoms with van der Waals surface area (Å²) in [6, 6.07) is 12.7. The van der Waals surface area contributed by atoms with Crippen molar-refractivity contribution in [3.8, 4) is 6.07 Å². The molecule has 2 aromatic rings. The lowest BCUT2D eigenvalue weighted by molar-refractivity contribution is -0.0670. The summed E-state index contributed by atoms with van der Waals surface area (Å²) < 4.78 is 28.2. The van der Waals surface area contributed by atoms with Gasteiger partial charge < -0.3 is 23.8 Å². The third-order valence-electron chi connectivity index (χ3n) is 6.50. The molecule has 0 aliphatic carbocycles. The van der Waals surface area contributed by atoms with E-state index >= 15 is 0 Å². The van der Waals surface area contributed by atoms with Gasteiger partial charge in [0.2, 0.25) is 0 Å². The number of carbonyl (C=O) groups excluding carboxylic acids is 1. The Bertz CT molecular complexity index is 1230. The number of anilines is 1. The SMILES string of the molecule is C=CCO[C@@H]1[C@H](C)[C@@H](COP(OCCC#N)N(C(C)C)C(C)C)O[C@H]1n1ccc(NC(=O)c2ccccc2)nc1=O. The van der Waals surface area contributed by atoms with E-state index in [9.17, 15) is 9.59 Å². The normalized spacial score (nSPS) is 21.2. The summed E-state index contributed by atoms with van der Waals surface area (Å²) >= 11 is 0. The van der Waals surface area contributed by atoms with Crippen molar-refractivity contribution in [3.05, 3.63) is 71.3 Å². The molecule has 1 saturated heterocycles. The maximum absolute atomic E-state index is 13.1. The molecule has 11 nitrogen and oxygen atoms in total. The van der Waals surface area contributed by atoms with Gasteiger partial charge in [-0.15, -0.1) is 6.58 Å². The first kappa shape index (κ1) is 32.5. The fraction of sp³-hybridized carbons (Fsp3) is 0.517. The summed E-state index contributed by atoms with van der Waals surface area (Å²) in [7, 11) is -1.46. The largest absolute Gasteiger partial charge is 0.369 e. The van der Waals surface area contributed by atoms with Crippen molar-refractivity contribution in [2.75, 3.05) is 25.1 Å². The quantitative estimate of drug-likeness (QED) is 0.176. The Kier molecular flexibility index (Phi) is 12.6. The average Bonchev–Trinajstić information content (AvgIpc) is 3.25. The number of ether oxygens (including phenoxy) is 2. The highest BCUT2D eigenvalue weighted by Gasteiger charge is 2.45. The van der Waals surface area contributed by atoms with Crippen LogP contribution in [0.15, 0.2) is 60.0 Å². The Labute approximate surface area is 243 Å². The van der Waals surface area contributed by atoms with E-state index < -0.39 is 32.7 Å². The van der Waals surface area contributed by atoms with Gasteiger partial charge in [-0.25, -0.2) is 9.46 Å². The van der Waals surface area contributed by atoms with Gasteiger partial charge in [0.05, 0.1) is 38.4 Å². The first-order valence-corrected chi connectivity index (χ1v) is 14.9. The van der Waals surface area contributed by atoms with Crippen molar-refractivity contribution < 1.29 is 23.3 Å². The second-order valence-electron chi connectivity index (χ2n) is 10.2. The highest BCUT2D eigenvalue weighted by atomic mass is 31.2. The molecule has 1 N–H and O–H groups in total. The lowest BCUT2D eigenvalue weighted by atomic mass is 10.0. The van der Waals surface area contributed by atoms with E-state index in [2.05, 4.69) is 55.3 Å². The van der Waals surface area contributed by atoms with Crippen LogP contribution in [0.2, 0.25) is 0 Å². The van der Waals surface area contributed by atoms with Gasteiger partial charge in [0.15, 0.2) is 6.23 Å². The van der Waals surface area contributed by atoms with Gasteiger partial charge >= 0.3 is 5.69 Å². The van der Waals surface area contributed by atoms with E-state index in [-0.39, 0.29) is 56.0 Å². The minimum absolute atomic E-state index is 0.136. The minimum Gasteiger partial charge on any atom is -0.369 e. The lowest BCUT2D eigenvalue weighted by Gasteiger charge is -2.36. The van der Waals surface area contributed by atoms with Gasteiger partial charge in [-0.3, -0.25) is 9.36 Å². The van der Waals surface area contributed by atoms with Crippen molar-refractivity contribution in [2.24, 2.45) is 5.92 Å². The molecule has 1 aromatic carbocycles. The first-order valence-electron chi connectivity index (χ1n) is 13.7. The Balaban J connectivity index is 1.77. The molecular formula is C29H40N5O6P. The molecule has 1 fully saturated rings. The zero-order chi connectivity index (χ0) is 29.9. The zero-order valence-corrected chi connectivity index (χ0v) is 25.2. The second-order valence-corrected chi connectivity index (χ2v) is 11.6. The molecule has 12 heteroatoms. The molecule has 1 amide bonds. The molecule has 1 unspecified atom stereocenters. The smallest absolute Gasteiger partial charge is 0.351 e. The van der Waals surface area contributed by atoms with Crippen LogP contribution in [0.3, 0.4) is 0 Å². The third kappa shape index (κ3) is 8.76. The molecule has 1 aliphatic heterocycles. The highest BCUT2D eigenvalue weighted by molar-refractivity contribution is 7.44. The molecule has 0 bridgehead atoms. The summed E-state index contributed by atoms with van der Waals surface area (Å²) in [6.07, 6.45) is 1.78. The number of nitrogens with one attached hydrogen (secondary N) is 1. The number of hydrogen-bond acceptors (Lipinski definition) is 9. The standard InChI is InChI=1S/C29H40N5O6P/c1-7-17-37-26-22(6)24(19-39-41(38-18-11-15-30)34(20(2)3)21(4)5)40-28(26)33-16-14-25(32-29(33)36)31-27(35)23-12-9-8-10-13-23/h7-10,12-14,16,20-22,24,26,28H,1,11,17-19H2,2-6H3,(H,31,32,35,36)/t22-,24-,26-,28-,41?/m1/s1. The maximum Gasteiger partial charge on any atom is 0.351 e. The van der Waals surface area contributed by atoms with Crippen molar-refractivity contribution in [1.29, 1.82) is 5.26 Å². The molecule has 0 spiro atoms. The van der Waals surface area contributed by atoms with Crippen LogP contribution in [-0.2, 0) is 18.5 Å². The Hall–Kier alpha value is -2.97. The second kappa shape index (κ2) is 15.9. The fourth-order valence-corrected chi connectivity index (χ4v) is 6.20. The van der Waals surface area contributed by atoms with Gasteiger partial charge in [-0.05, 0) is 45.9 Å². The number of carbonyl (C=O) groups is 1. The summed E-state index contributed by atoms with van der Waals surface area (Å²) in [6.45, 7) is 14.7. The molecule has 2 heterocycles. The summed E-state index contributed by atoms with van der Waals surface area (Å²) in [5.74, 6) is -0.375. The Morgan fingerprint density at radius 2 is 1.95 bits per heavy atom. The van der Waals surface area contributed by atoms with Gasteiger partial charge in [0.25, 0.3) is 14.4 Å². The van der Waals surface area contributed by atoms with Gasteiger partial charge in [0.1, 0.15) is 11.9 Å². The molecule has 41 heavy (non-hydrogen) atoms. The van der Waals surface area contributed by atoms with Crippen molar-refractivity contribution >= 4 is 20.3 Å². The van der Waals surface area contributed by atoms with E-state index in [1.54, 1.807) is 36.4 Å². The molecule has 5 atom stereocenters. The van der Waals surface area contributed by atoms with E-state index in [4.69, 9.17) is 23.8 Å². The van der Waals surface area contributed by atoms with Crippen LogP contribution in [0, 0.1) is 17.2 Å². The lowest BCUT2D eigenvalue weighted by Crippen LogP contribution is -2.35. The molecule has 3 rings (SSSR count). The topological polar surface area (TPSA) is 128 Å². The molecule has 1 aliphatic rings. The Morgan fingerprint density at radius 3 is 2.56 bits per heavy atom. The van der Waals surface area contributed by atoms with Crippen LogP contribution in [-0.4, -0.2) is 64.2 Å². The highest BCUT2D eigenvalue weighted by Crippen LogP contribution is 2.47. The monoisotopic (exact) mass is 585 g/mol. The fourth-order valence-electron chi connectivity index (χ4n) is 4.58. The van der Waals surface area contributed by atoms with E-state index in [0.29, 0.717) is 5.56 Å². The molecule has 0 radical (unpaired) electrons. The number of benzene rings is 1. The van der Waals surface area contributed by atoms with E-state index in [1.165, 1.54) is 10.8 Å². The number of nitriles is 1. The predicted molar refractivity (Wildman–Crippen MR) is 157 cm³/mol. The first-order chi connectivity index (χ1) is 19.7. The number of aromatic nitrogens is 2. The van der Waals surface area contributed by atoms with Crippen LogP contribution in [0.25, 0.3) is 0 Å². The van der Waals surface area contributed by atoms with Crippen molar-refractivity contribution in [1.82, 2.24) is 14.2 Å². The molecule has 0 saturated carbocycles. The predicted octanol–water partition coefficient (Wildman–Crippen LogP) is 4.89. The molecule has 222 valence electrons. The van der Waals surface area contributed by atoms with Gasteiger partial charge in [-0.2, -0.15) is 10.2 Å². The van der Waals surface area contributed by atoms with Crippen LogP contribution in [0.1, 0.15) is 57.6 Å². The van der Waals surface area contributed by atoms with Crippen molar-refractivity contribution in [2.45, 2.75) is 71.6 Å². The number of hydrogen-bond donors (Lipinski definition) is 1. The minimum atomic E-state index is -1.46. The maximum atomic E-state index is 13.1. The van der Waals surface area contributed by atoms with Crippen molar-refractivity contribution in [3.63, 3.8) is 0 Å². The number of rotatable bonds is 15. The summed E-state index contributed by atoms with van der Waals surface area (Å²) in [4.78, 5) is 29.7. The average molecular weight is 586 g/mol. The third-order valence-corrected chi connectivity index (χ3v) is 8.57. The number of nitrogens with zero attached hydrogens (tertiary/aromatic N) is 4. The van der Waals surface area contributed by atoms with Crippen LogP contribution in [0.5, 0.6) is 0 Å². The van der Waals surface area contributed by atoms with Gasteiger partial charge in [-0.1, -0.05) is 31.2 Å². The summed E-state index contributed by atoms with van der Waals surface area (Å²) in [5, 5.41) is 11.6. The van der Waals surface area contributed by atoms with E-state index in [0.717, 1.165) is 0 Å². The Morgan fingerprint density at radius 1 is 1.24 bits per heavy atom. The van der Waals surface area contributed by atoms with E-state index in [1.807, 2.05) is 13.0 Å². The van der Waals surface area contributed by atoms with Crippen LogP contribution >= 0.6 is 8.53 Å². The van der Waals surface area contributed by atoms with Crippen LogP contribution < -0.4 is 11.0 Å². The number of amides is 1. The zero-order valence-electron chi connectivity index (χ0n) is 24.3. The molecule has 1 aromatic heterocycles.